The molecule has 2 aromatic carbocycles. The molecule has 0 saturated carbocycles. The average Bonchev–Trinajstić information content (AvgIpc) is 2.40. The molecule has 0 unspecified atom stereocenters. The van der Waals surface area contributed by atoms with Gasteiger partial charge >= 0.3 is 6.18 Å². The monoisotopic (exact) mass is 317 g/mol. The highest BCUT2D eigenvalue weighted by Crippen LogP contribution is 2.32. The van der Waals surface area contributed by atoms with Crippen molar-refractivity contribution in [3.05, 3.63) is 63.9 Å². The summed E-state index contributed by atoms with van der Waals surface area (Å²) in [7, 11) is 0. The largest absolute Gasteiger partial charge is 0.416 e. The third-order valence-corrected chi connectivity index (χ3v) is 3.42. The van der Waals surface area contributed by atoms with Crippen molar-refractivity contribution in [2.24, 2.45) is 0 Å². The smallest absolute Gasteiger partial charge is 0.379 e. The molecule has 0 spiro atoms. The number of hydrogen-bond acceptors (Lipinski definition) is 1. The van der Waals surface area contributed by atoms with Gasteiger partial charge in [-0.05, 0) is 42.3 Å². The van der Waals surface area contributed by atoms with Crippen LogP contribution >= 0.6 is 11.6 Å². The van der Waals surface area contributed by atoms with Gasteiger partial charge in [0.25, 0.3) is 0 Å². The standard InChI is InChI=1S/C15H12ClF4N/c1-9-2-3-10(6-12(9)16)8-21-14-7-11(15(18,19)20)4-5-13(14)17/h2-7,21H,8H2,1H3. The molecule has 0 aliphatic heterocycles. The van der Waals surface area contributed by atoms with E-state index in [1.807, 2.05) is 6.92 Å². The van der Waals surface area contributed by atoms with E-state index in [1.54, 1.807) is 18.2 Å². The molecule has 1 nitrogen and oxygen atoms in total. The topological polar surface area (TPSA) is 12.0 Å². The Morgan fingerprint density at radius 3 is 2.43 bits per heavy atom. The molecule has 112 valence electrons. The van der Waals surface area contributed by atoms with Gasteiger partial charge in [-0.25, -0.2) is 4.39 Å². The lowest BCUT2D eigenvalue weighted by molar-refractivity contribution is -0.137. The van der Waals surface area contributed by atoms with Gasteiger partial charge < -0.3 is 5.32 Å². The summed E-state index contributed by atoms with van der Waals surface area (Å²) in [6, 6.07) is 7.53. The highest BCUT2D eigenvalue weighted by molar-refractivity contribution is 6.31. The van der Waals surface area contributed by atoms with Crippen molar-refractivity contribution in [3.8, 4) is 0 Å². The van der Waals surface area contributed by atoms with Crippen LogP contribution in [0.15, 0.2) is 36.4 Å². The van der Waals surface area contributed by atoms with Gasteiger partial charge in [-0.3, -0.25) is 0 Å². The van der Waals surface area contributed by atoms with Gasteiger partial charge in [0.2, 0.25) is 0 Å². The molecule has 0 atom stereocenters. The van der Waals surface area contributed by atoms with Crippen molar-refractivity contribution in [1.82, 2.24) is 0 Å². The number of rotatable bonds is 3. The van der Waals surface area contributed by atoms with Crippen LogP contribution < -0.4 is 5.32 Å². The first kappa shape index (κ1) is 15.6. The normalized spacial score (nSPS) is 11.5. The molecule has 0 heterocycles. The number of halogens is 5. The Hall–Kier alpha value is -1.75. The molecule has 0 bridgehead atoms. The van der Waals surface area contributed by atoms with E-state index in [4.69, 9.17) is 11.6 Å². The molecule has 2 rings (SSSR count). The number of nitrogens with one attached hydrogen (secondary N) is 1. The van der Waals surface area contributed by atoms with Crippen molar-refractivity contribution < 1.29 is 17.6 Å². The molecule has 0 aromatic heterocycles. The molecule has 2 aromatic rings. The zero-order chi connectivity index (χ0) is 15.6. The van der Waals surface area contributed by atoms with Crippen LogP contribution in [-0.2, 0) is 12.7 Å². The summed E-state index contributed by atoms with van der Waals surface area (Å²) >= 11 is 5.96. The lowest BCUT2D eigenvalue weighted by atomic mass is 10.1. The van der Waals surface area contributed by atoms with Crippen LogP contribution in [0.5, 0.6) is 0 Å². The summed E-state index contributed by atoms with van der Waals surface area (Å²) in [4.78, 5) is 0. The molecular formula is C15H12ClF4N. The zero-order valence-electron chi connectivity index (χ0n) is 11.1. The fourth-order valence-electron chi connectivity index (χ4n) is 1.78. The lowest BCUT2D eigenvalue weighted by Gasteiger charge is -2.12. The Morgan fingerprint density at radius 1 is 1.10 bits per heavy atom. The summed E-state index contributed by atoms with van der Waals surface area (Å²) in [6.45, 7) is 2.02. The van der Waals surface area contributed by atoms with Crippen LogP contribution in [0.3, 0.4) is 0 Å². The van der Waals surface area contributed by atoms with Gasteiger partial charge in [-0.1, -0.05) is 23.7 Å². The third kappa shape index (κ3) is 3.88. The zero-order valence-corrected chi connectivity index (χ0v) is 11.8. The fourth-order valence-corrected chi connectivity index (χ4v) is 1.98. The lowest BCUT2D eigenvalue weighted by Crippen LogP contribution is -2.08. The van der Waals surface area contributed by atoms with Crippen LogP contribution in [0.2, 0.25) is 5.02 Å². The average molecular weight is 318 g/mol. The molecule has 0 radical (unpaired) electrons. The molecule has 0 fully saturated rings. The van der Waals surface area contributed by atoms with E-state index in [1.165, 1.54) is 0 Å². The highest BCUT2D eigenvalue weighted by atomic mass is 35.5. The minimum atomic E-state index is -4.50. The first-order valence-corrected chi connectivity index (χ1v) is 6.51. The summed E-state index contributed by atoms with van der Waals surface area (Å²) in [5.41, 5.74) is 0.558. The predicted octanol–water partition coefficient (Wildman–Crippen LogP) is 5.42. The Kier molecular flexibility index (Phi) is 4.42. The van der Waals surface area contributed by atoms with Crippen molar-refractivity contribution in [2.75, 3.05) is 5.32 Å². The molecule has 0 amide bonds. The van der Waals surface area contributed by atoms with Gasteiger partial charge in [0.15, 0.2) is 0 Å². The van der Waals surface area contributed by atoms with E-state index >= 15 is 0 Å². The first-order valence-electron chi connectivity index (χ1n) is 6.13. The van der Waals surface area contributed by atoms with Crippen LogP contribution in [0.4, 0.5) is 23.2 Å². The molecule has 0 aliphatic carbocycles. The maximum absolute atomic E-state index is 13.5. The molecule has 0 aliphatic rings. The molecule has 6 heteroatoms. The van der Waals surface area contributed by atoms with E-state index in [0.29, 0.717) is 11.1 Å². The van der Waals surface area contributed by atoms with E-state index < -0.39 is 17.6 Å². The Bertz CT molecular complexity index is 653. The minimum Gasteiger partial charge on any atom is -0.379 e. The Labute approximate surface area is 124 Å². The van der Waals surface area contributed by atoms with Crippen LogP contribution in [-0.4, -0.2) is 0 Å². The summed E-state index contributed by atoms with van der Waals surface area (Å²) in [5, 5.41) is 3.21. The summed E-state index contributed by atoms with van der Waals surface area (Å²) in [6.07, 6.45) is -4.50. The third-order valence-electron chi connectivity index (χ3n) is 3.01. The summed E-state index contributed by atoms with van der Waals surface area (Å²) < 4.78 is 51.3. The minimum absolute atomic E-state index is 0.179. The quantitative estimate of drug-likeness (QED) is 0.745. The Morgan fingerprint density at radius 2 is 1.81 bits per heavy atom. The summed E-state index contributed by atoms with van der Waals surface area (Å²) in [5.74, 6) is -0.735. The number of alkyl halides is 3. The van der Waals surface area contributed by atoms with Crippen molar-refractivity contribution in [2.45, 2.75) is 19.6 Å². The maximum atomic E-state index is 13.5. The van der Waals surface area contributed by atoms with E-state index in [9.17, 15) is 17.6 Å². The van der Waals surface area contributed by atoms with Crippen molar-refractivity contribution in [1.29, 1.82) is 0 Å². The van der Waals surface area contributed by atoms with Gasteiger partial charge in [0.1, 0.15) is 5.82 Å². The fraction of sp³-hybridized carbons (Fsp3) is 0.200. The second-order valence-electron chi connectivity index (χ2n) is 4.63. The van der Waals surface area contributed by atoms with Crippen molar-refractivity contribution in [3.63, 3.8) is 0 Å². The van der Waals surface area contributed by atoms with E-state index in [-0.39, 0.29) is 12.2 Å². The van der Waals surface area contributed by atoms with Crippen LogP contribution in [0.25, 0.3) is 0 Å². The van der Waals surface area contributed by atoms with Gasteiger partial charge in [0, 0.05) is 11.6 Å². The Balaban J connectivity index is 2.17. The maximum Gasteiger partial charge on any atom is 0.416 e. The molecule has 0 saturated heterocycles. The van der Waals surface area contributed by atoms with Crippen LogP contribution in [0.1, 0.15) is 16.7 Å². The highest BCUT2D eigenvalue weighted by Gasteiger charge is 2.31. The predicted molar refractivity (Wildman–Crippen MR) is 74.9 cm³/mol. The van der Waals surface area contributed by atoms with E-state index in [2.05, 4.69) is 5.32 Å². The molecular weight excluding hydrogens is 306 g/mol. The van der Waals surface area contributed by atoms with Gasteiger partial charge in [-0.2, -0.15) is 13.2 Å². The second-order valence-corrected chi connectivity index (χ2v) is 5.04. The van der Waals surface area contributed by atoms with Gasteiger partial charge in [0.05, 0.1) is 11.3 Å². The second kappa shape index (κ2) is 5.93. The number of anilines is 1. The van der Waals surface area contributed by atoms with Crippen LogP contribution in [0, 0.1) is 12.7 Å². The molecule has 1 N–H and O–H groups in total. The van der Waals surface area contributed by atoms with Crippen molar-refractivity contribution >= 4 is 17.3 Å². The number of benzene rings is 2. The van der Waals surface area contributed by atoms with E-state index in [0.717, 1.165) is 23.3 Å². The molecule has 21 heavy (non-hydrogen) atoms. The SMILES string of the molecule is Cc1ccc(CNc2cc(C(F)(F)F)ccc2F)cc1Cl. The van der Waals surface area contributed by atoms with Gasteiger partial charge in [-0.15, -0.1) is 0 Å². The number of hydrogen-bond donors (Lipinski definition) is 1. The first-order chi connectivity index (χ1) is 9.77. The number of aryl methyl sites for hydroxylation is 1.